The minimum absolute atomic E-state index is 0.258. The van der Waals surface area contributed by atoms with Gasteiger partial charge in [0, 0.05) is 34.4 Å². The Balaban J connectivity index is 1.37. The summed E-state index contributed by atoms with van der Waals surface area (Å²) in [5.41, 5.74) is 2.03. The largest absolute Gasteiger partial charge is 0.486 e. The zero-order valence-corrected chi connectivity index (χ0v) is 19.0. The maximum Gasteiger partial charge on any atom is 0.250 e. The molecule has 0 aliphatic carbocycles. The molecule has 1 aliphatic heterocycles. The Morgan fingerprint density at radius 1 is 1.12 bits per heavy atom. The molecule has 7 heteroatoms. The number of carbonyl (C=O) groups excluding carboxylic acids is 1. The normalized spacial score (nSPS) is 13.2. The van der Waals surface area contributed by atoms with Crippen LogP contribution in [0.3, 0.4) is 0 Å². The number of nitrogens with one attached hydrogen (secondary N) is 2. The van der Waals surface area contributed by atoms with Crippen molar-refractivity contribution in [3.63, 3.8) is 0 Å². The van der Waals surface area contributed by atoms with Crippen LogP contribution in [0.25, 0.3) is 10.8 Å². The van der Waals surface area contributed by atoms with Crippen molar-refractivity contribution in [1.82, 2.24) is 10.3 Å². The zero-order chi connectivity index (χ0) is 23.2. The number of aromatic nitrogens is 1. The molecule has 6 nitrogen and oxygen atoms in total. The van der Waals surface area contributed by atoms with E-state index in [4.69, 9.17) is 21.1 Å². The summed E-state index contributed by atoms with van der Waals surface area (Å²) in [7, 11) is 0. The Morgan fingerprint density at radius 2 is 1.94 bits per heavy atom. The SMILES string of the molecule is C=C(/C=C\C(=C/C)Nc1nccc2ccc(Cl)cc12)C(=O)NCc1ccc2c(c1)OCCO2. The highest BCUT2D eigenvalue weighted by atomic mass is 35.5. The van der Waals surface area contributed by atoms with Crippen molar-refractivity contribution in [1.29, 1.82) is 0 Å². The molecule has 168 valence electrons. The highest BCUT2D eigenvalue weighted by Gasteiger charge is 2.12. The molecule has 33 heavy (non-hydrogen) atoms. The molecule has 0 saturated heterocycles. The summed E-state index contributed by atoms with van der Waals surface area (Å²) in [6.07, 6.45) is 7.08. The first-order valence-corrected chi connectivity index (χ1v) is 10.9. The van der Waals surface area contributed by atoms with Gasteiger partial charge in [-0.15, -0.1) is 0 Å². The first kappa shape index (κ1) is 22.4. The molecule has 0 bridgehead atoms. The van der Waals surface area contributed by atoms with E-state index in [1.54, 1.807) is 18.3 Å². The van der Waals surface area contributed by atoms with Crippen LogP contribution in [0.2, 0.25) is 5.02 Å². The minimum atomic E-state index is -0.258. The summed E-state index contributed by atoms with van der Waals surface area (Å²) in [6.45, 7) is 7.20. The summed E-state index contributed by atoms with van der Waals surface area (Å²) in [6, 6.07) is 13.2. The summed E-state index contributed by atoms with van der Waals surface area (Å²) in [4.78, 5) is 16.9. The Bertz CT molecular complexity index is 1270. The molecule has 0 fully saturated rings. The second kappa shape index (κ2) is 10.2. The molecule has 1 amide bonds. The van der Waals surface area contributed by atoms with Crippen LogP contribution in [-0.2, 0) is 11.3 Å². The highest BCUT2D eigenvalue weighted by molar-refractivity contribution is 6.31. The molecular weight excluding hydrogens is 438 g/mol. The Kier molecular flexibility index (Phi) is 6.95. The molecule has 2 N–H and O–H groups in total. The fraction of sp³-hybridized carbons (Fsp3) is 0.154. The predicted octanol–water partition coefficient (Wildman–Crippen LogP) is 5.40. The van der Waals surface area contributed by atoms with Crippen LogP contribution >= 0.6 is 11.6 Å². The third-order valence-corrected chi connectivity index (χ3v) is 5.35. The fourth-order valence-corrected chi connectivity index (χ4v) is 3.52. The fourth-order valence-electron chi connectivity index (χ4n) is 3.35. The number of ether oxygens (including phenoxy) is 2. The van der Waals surface area contributed by atoms with E-state index in [0.29, 0.717) is 41.9 Å². The molecule has 1 aromatic heterocycles. The average Bonchev–Trinajstić information content (AvgIpc) is 2.84. The zero-order valence-electron chi connectivity index (χ0n) is 18.2. The van der Waals surface area contributed by atoms with Gasteiger partial charge in [-0.25, -0.2) is 4.98 Å². The number of hydrogen-bond donors (Lipinski definition) is 2. The van der Waals surface area contributed by atoms with Gasteiger partial charge in [0.15, 0.2) is 11.5 Å². The van der Waals surface area contributed by atoms with E-state index in [1.807, 2.05) is 55.5 Å². The second-order valence-corrected chi connectivity index (χ2v) is 7.85. The lowest BCUT2D eigenvalue weighted by Gasteiger charge is -2.19. The van der Waals surface area contributed by atoms with Gasteiger partial charge in [0.05, 0.1) is 0 Å². The topological polar surface area (TPSA) is 72.5 Å². The van der Waals surface area contributed by atoms with Crippen LogP contribution < -0.4 is 20.1 Å². The molecule has 4 rings (SSSR count). The molecule has 2 heterocycles. The van der Waals surface area contributed by atoms with Crippen LogP contribution in [0.15, 0.2) is 84.7 Å². The monoisotopic (exact) mass is 461 g/mol. The molecule has 0 saturated carbocycles. The Hall–Kier alpha value is -3.77. The molecule has 0 atom stereocenters. The van der Waals surface area contributed by atoms with Gasteiger partial charge >= 0.3 is 0 Å². The third kappa shape index (κ3) is 5.54. The number of rotatable bonds is 7. The van der Waals surface area contributed by atoms with Gasteiger partial charge in [-0.3, -0.25) is 4.79 Å². The maximum absolute atomic E-state index is 12.5. The molecule has 0 radical (unpaired) electrons. The van der Waals surface area contributed by atoms with Gasteiger partial charge < -0.3 is 20.1 Å². The number of amides is 1. The van der Waals surface area contributed by atoms with Crippen LogP contribution in [0.4, 0.5) is 5.82 Å². The Labute approximate surface area is 197 Å². The van der Waals surface area contributed by atoms with Crippen molar-refractivity contribution in [2.75, 3.05) is 18.5 Å². The number of allylic oxidation sites excluding steroid dienone is 2. The van der Waals surface area contributed by atoms with Gasteiger partial charge in [0.25, 0.3) is 5.91 Å². The standard InChI is InChI=1S/C26H24ClN3O3/c1-3-21(30-25-22-15-20(27)7-6-19(22)10-11-28-25)8-4-17(2)26(31)29-16-18-5-9-23-24(14-18)33-13-12-32-23/h3-11,14-15H,2,12-13,16H2,1H3,(H,28,30)(H,29,31)/b8-4-,21-3+. The smallest absolute Gasteiger partial charge is 0.250 e. The summed E-state index contributed by atoms with van der Waals surface area (Å²) in [5, 5.41) is 8.74. The van der Waals surface area contributed by atoms with Gasteiger partial charge in [-0.1, -0.05) is 36.4 Å². The number of fused-ring (bicyclic) bond motifs is 2. The van der Waals surface area contributed by atoms with Crippen molar-refractivity contribution < 1.29 is 14.3 Å². The molecule has 2 aromatic carbocycles. The van der Waals surface area contributed by atoms with E-state index in [1.165, 1.54) is 0 Å². The molecule has 0 unspecified atom stereocenters. The molecular formula is C26H24ClN3O3. The second-order valence-electron chi connectivity index (χ2n) is 7.41. The van der Waals surface area contributed by atoms with Crippen molar-refractivity contribution in [2.24, 2.45) is 0 Å². The minimum Gasteiger partial charge on any atom is -0.486 e. The number of halogens is 1. The number of anilines is 1. The molecule has 0 spiro atoms. The third-order valence-electron chi connectivity index (χ3n) is 5.12. The van der Waals surface area contributed by atoms with E-state index in [-0.39, 0.29) is 5.91 Å². The van der Waals surface area contributed by atoms with Gasteiger partial charge in [-0.2, -0.15) is 0 Å². The van der Waals surface area contributed by atoms with E-state index >= 15 is 0 Å². The van der Waals surface area contributed by atoms with E-state index < -0.39 is 0 Å². The van der Waals surface area contributed by atoms with Crippen molar-refractivity contribution in [2.45, 2.75) is 13.5 Å². The van der Waals surface area contributed by atoms with Crippen molar-refractivity contribution in [3.8, 4) is 11.5 Å². The maximum atomic E-state index is 12.5. The van der Waals surface area contributed by atoms with Gasteiger partial charge in [0.1, 0.15) is 19.0 Å². The highest BCUT2D eigenvalue weighted by Crippen LogP contribution is 2.30. The summed E-state index contributed by atoms with van der Waals surface area (Å²) < 4.78 is 11.1. The molecule has 3 aromatic rings. The quantitative estimate of drug-likeness (QED) is 0.364. The van der Waals surface area contributed by atoms with Crippen LogP contribution in [0.1, 0.15) is 12.5 Å². The van der Waals surface area contributed by atoms with E-state index in [0.717, 1.165) is 27.8 Å². The lowest BCUT2D eigenvalue weighted by atomic mass is 10.1. The van der Waals surface area contributed by atoms with Crippen LogP contribution in [0.5, 0.6) is 11.5 Å². The van der Waals surface area contributed by atoms with E-state index in [9.17, 15) is 4.79 Å². The summed E-state index contributed by atoms with van der Waals surface area (Å²) >= 11 is 6.15. The van der Waals surface area contributed by atoms with Crippen LogP contribution in [-0.4, -0.2) is 24.1 Å². The first-order valence-electron chi connectivity index (χ1n) is 10.5. The summed E-state index contributed by atoms with van der Waals surface area (Å²) in [5.74, 6) is 1.84. The van der Waals surface area contributed by atoms with Crippen molar-refractivity contribution in [3.05, 3.63) is 95.3 Å². The number of nitrogens with zero attached hydrogens (tertiary/aromatic N) is 1. The van der Waals surface area contributed by atoms with Gasteiger partial charge in [0.2, 0.25) is 0 Å². The Morgan fingerprint density at radius 3 is 2.76 bits per heavy atom. The van der Waals surface area contributed by atoms with E-state index in [2.05, 4.69) is 22.2 Å². The van der Waals surface area contributed by atoms with Crippen LogP contribution in [0, 0.1) is 0 Å². The predicted molar refractivity (Wildman–Crippen MR) is 132 cm³/mol. The number of hydrogen-bond acceptors (Lipinski definition) is 5. The molecule has 1 aliphatic rings. The number of pyridine rings is 1. The number of carbonyl (C=O) groups is 1. The average molecular weight is 462 g/mol. The van der Waals surface area contributed by atoms with Gasteiger partial charge in [-0.05, 0) is 60.4 Å². The van der Waals surface area contributed by atoms with Crippen molar-refractivity contribution >= 4 is 34.1 Å². The lowest BCUT2D eigenvalue weighted by Crippen LogP contribution is -2.23. The number of benzene rings is 2. The lowest BCUT2D eigenvalue weighted by molar-refractivity contribution is -0.117. The first-order chi connectivity index (χ1) is 16.0.